The third kappa shape index (κ3) is 4.48. The van der Waals surface area contributed by atoms with Gasteiger partial charge in [-0.25, -0.2) is 13.1 Å². The minimum Gasteiger partial charge on any atom is -0.392 e. The zero-order valence-corrected chi connectivity index (χ0v) is 12.3. The second kappa shape index (κ2) is 6.36. The maximum absolute atomic E-state index is 12.0. The second-order valence-corrected chi connectivity index (χ2v) is 6.60. The number of hydrogen-bond donors (Lipinski definition) is 3. The van der Waals surface area contributed by atoms with E-state index >= 15 is 0 Å². The van der Waals surface area contributed by atoms with Crippen LogP contribution >= 0.6 is 0 Å². The molecule has 0 spiro atoms. The molecular formula is C11H22N4O3S. The van der Waals surface area contributed by atoms with E-state index in [1.165, 1.54) is 10.9 Å². The lowest BCUT2D eigenvalue weighted by Gasteiger charge is -2.13. The average molecular weight is 290 g/mol. The zero-order chi connectivity index (χ0) is 14.6. The number of aryl methyl sites for hydroxylation is 1. The third-order valence-corrected chi connectivity index (χ3v) is 4.06. The molecule has 4 N–H and O–H groups in total. The predicted molar refractivity (Wildman–Crippen MR) is 73.0 cm³/mol. The monoisotopic (exact) mass is 290 g/mol. The smallest absolute Gasteiger partial charge is 0.245 e. The SMILES string of the molecule is CCn1cc(S(=O)(=O)NCC(O)CC(C)C)c(N)n1. The molecule has 0 radical (unpaired) electrons. The van der Waals surface area contributed by atoms with Crippen LogP contribution in [0.15, 0.2) is 11.1 Å². The van der Waals surface area contributed by atoms with Crippen LogP contribution in [0, 0.1) is 5.92 Å². The second-order valence-electron chi connectivity index (χ2n) is 4.87. The third-order valence-electron chi connectivity index (χ3n) is 2.62. The number of nitrogen functional groups attached to an aromatic ring is 1. The molecule has 1 atom stereocenters. The summed E-state index contributed by atoms with van der Waals surface area (Å²) in [6.45, 7) is 6.26. The molecule has 0 saturated carbocycles. The zero-order valence-electron chi connectivity index (χ0n) is 11.5. The summed E-state index contributed by atoms with van der Waals surface area (Å²) in [4.78, 5) is -0.0499. The van der Waals surface area contributed by atoms with Crippen LogP contribution in [-0.2, 0) is 16.6 Å². The number of aromatic nitrogens is 2. The van der Waals surface area contributed by atoms with Crippen molar-refractivity contribution < 1.29 is 13.5 Å². The standard InChI is InChI=1S/C11H22N4O3S/c1-4-15-7-10(11(12)14-15)19(17,18)13-6-9(16)5-8(2)3/h7-9,13,16H,4-6H2,1-3H3,(H2,12,14). The van der Waals surface area contributed by atoms with Gasteiger partial charge in [-0.2, -0.15) is 5.10 Å². The average Bonchev–Trinajstić information content (AvgIpc) is 2.68. The summed E-state index contributed by atoms with van der Waals surface area (Å²) in [5, 5.41) is 13.6. The first-order valence-corrected chi connectivity index (χ1v) is 7.75. The van der Waals surface area contributed by atoms with E-state index in [1.54, 1.807) is 0 Å². The summed E-state index contributed by atoms with van der Waals surface area (Å²) in [7, 11) is -3.73. The number of nitrogens with one attached hydrogen (secondary N) is 1. The molecule has 1 aromatic heterocycles. The molecule has 19 heavy (non-hydrogen) atoms. The number of aliphatic hydroxyl groups is 1. The van der Waals surface area contributed by atoms with Crippen LogP contribution < -0.4 is 10.5 Å². The lowest BCUT2D eigenvalue weighted by Crippen LogP contribution is -2.33. The fourth-order valence-corrected chi connectivity index (χ4v) is 2.84. The van der Waals surface area contributed by atoms with E-state index in [0.29, 0.717) is 18.9 Å². The molecule has 0 aliphatic rings. The Morgan fingerprint density at radius 3 is 2.63 bits per heavy atom. The van der Waals surface area contributed by atoms with Gasteiger partial charge < -0.3 is 10.8 Å². The van der Waals surface area contributed by atoms with Crippen molar-refractivity contribution in [3.05, 3.63) is 6.20 Å². The summed E-state index contributed by atoms with van der Waals surface area (Å²) in [6, 6.07) is 0. The molecule has 0 aromatic carbocycles. The molecule has 0 aliphatic heterocycles. The first-order valence-electron chi connectivity index (χ1n) is 6.27. The Bertz CT molecular complexity index is 510. The lowest BCUT2D eigenvalue weighted by atomic mass is 10.1. The Morgan fingerprint density at radius 2 is 2.16 bits per heavy atom. The van der Waals surface area contributed by atoms with Crippen molar-refractivity contribution in [2.45, 2.75) is 44.7 Å². The molecule has 0 amide bonds. The van der Waals surface area contributed by atoms with E-state index in [1.807, 2.05) is 20.8 Å². The largest absolute Gasteiger partial charge is 0.392 e. The van der Waals surface area contributed by atoms with Gasteiger partial charge in [0.15, 0.2) is 5.82 Å². The van der Waals surface area contributed by atoms with Crippen molar-refractivity contribution in [3.8, 4) is 0 Å². The molecule has 8 heteroatoms. The number of hydrogen-bond acceptors (Lipinski definition) is 5. The summed E-state index contributed by atoms with van der Waals surface area (Å²) >= 11 is 0. The number of nitrogens with two attached hydrogens (primary N) is 1. The van der Waals surface area contributed by atoms with Crippen molar-refractivity contribution in [2.24, 2.45) is 5.92 Å². The summed E-state index contributed by atoms with van der Waals surface area (Å²) in [6.07, 6.45) is 1.20. The van der Waals surface area contributed by atoms with E-state index in [-0.39, 0.29) is 17.3 Å². The molecule has 1 aromatic rings. The van der Waals surface area contributed by atoms with Crippen LogP contribution in [0.25, 0.3) is 0 Å². The Balaban J connectivity index is 2.73. The van der Waals surface area contributed by atoms with Gasteiger partial charge in [0.2, 0.25) is 10.0 Å². The highest BCUT2D eigenvalue weighted by Gasteiger charge is 2.21. The van der Waals surface area contributed by atoms with Crippen LogP contribution in [0.4, 0.5) is 5.82 Å². The van der Waals surface area contributed by atoms with Gasteiger partial charge in [0.1, 0.15) is 4.90 Å². The Labute approximate surface area is 113 Å². The molecule has 0 saturated heterocycles. The van der Waals surface area contributed by atoms with Gasteiger partial charge in [0, 0.05) is 19.3 Å². The highest BCUT2D eigenvalue weighted by atomic mass is 32.2. The van der Waals surface area contributed by atoms with Gasteiger partial charge in [-0.05, 0) is 19.3 Å². The van der Waals surface area contributed by atoms with Crippen molar-refractivity contribution in [2.75, 3.05) is 12.3 Å². The highest BCUT2D eigenvalue weighted by Crippen LogP contribution is 2.16. The van der Waals surface area contributed by atoms with Crippen molar-refractivity contribution in [1.29, 1.82) is 0 Å². The maximum Gasteiger partial charge on any atom is 0.245 e. The quantitative estimate of drug-likeness (QED) is 0.663. The van der Waals surface area contributed by atoms with Gasteiger partial charge in [0.05, 0.1) is 6.10 Å². The predicted octanol–water partition coefficient (Wildman–Crippen LogP) is 0.171. The van der Waals surface area contributed by atoms with E-state index in [2.05, 4.69) is 9.82 Å². The van der Waals surface area contributed by atoms with Crippen molar-refractivity contribution in [1.82, 2.24) is 14.5 Å². The van der Waals surface area contributed by atoms with Crippen LogP contribution in [0.3, 0.4) is 0 Å². The first-order chi connectivity index (χ1) is 8.76. The molecule has 1 rings (SSSR count). The number of sulfonamides is 1. The molecule has 0 fully saturated rings. The summed E-state index contributed by atoms with van der Waals surface area (Å²) in [5.74, 6) is 0.264. The van der Waals surface area contributed by atoms with Gasteiger partial charge >= 0.3 is 0 Å². The van der Waals surface area contributed by atoms with Crippen LogP contribution in [0.2, 0.25) is 0 Å². The van der Waals surface area contributed by atoms with E-state index in [0.717, 1.165) is 0 Å². The molecular weight excluding hydrogens is 268 g/mol. The van der Waals surface area contributed by atoms with Gasteiger partial charge in [0.25, 0.3) is 0 Å². The lowest BCUT2D eigenvalue weighted by molar-refractivity contribution is 0.152. The normalized spacial score (nSPS) is 13.9. The van der Waals surface area contributed by atoms with Gasteiger partial charge in [-0.15, -0.1) is 0 Å². The van der Waals surface area contributed by atoms with Crippen LogP contribution in [-0.4, -0.2) is 36.0 Å². The fourth-order valence-electron chi connectivity index (χ4n) is 1.70. The van der Waals surface area contributed by atoms with Crippen LogP contribution in [0.5, 0.6) is 0 Å². The Kier molecular flexibility index (Phi) is 5.33. The first kappa shape index (κ1) is 15.9. The van der Waals surface area contributed by atoms with Gasteiger partial charge in [-0.3, -0.25) is 4.68 Å². The Morgan fingerprint density at radius 1 is 1.53 bits per heavy atom. The molecule has 110 valence electrons. The van der Waals surface area contributed by atoms with Crippen molar-refractivity contribution >= 4 is 15.8 Å². The molecule has 1 heterocycles. The number of nitrogens with zero attached hydrogens (tertiary/aromatic N) is 2. The van der Waals surface area contributed by atoms with E-state index < -0.39 is 16.1 Å². The number of aliphatic hydroxyl groups excluding tert-OH is 1. The topological polar surface area (TPSA) is 110 Å². The minimum atomic E-state index is -3.73. The molecule has 7 nitrogen and oxygen atoms in total. The molecule has 0 aliphatic carbocycles. The summed E-state index contributed by atoms with van der Waals surface area (Å²) in [5.41, 5.74) is 5.58. The Hall–Kier alpha value is -1.12. The highest BCUT2D eigenvalue weighted by molar-refractivity contribution is 7.89. The van der Waals surface area contributed by atoms with E-state index in [9.17, 15) is 13.5 Å². The van der Waals surface area contributed by atoms with Crippen LogP contribution in [0.1, 0.15) is 27.2 Å². The maximum atomic E-state index is 12.0. The number of rotatable bonds is 7. The molecule has 1 unspecified atom stereocenters. The number of anilines is 1. The van der Waals surface area contributed by atoms with Gasteiger partial charge in [-0.1, -0.05) is 13.8 Å². The van der Waals surface area contributed by atoms with E-state index in [4.69, 9.17) is 5.73 Å². The fraction of sp³-hybridized carbons (Fsp3) is 0.727. The minimum absolute atomic E-state index is 0.0305. The molecule has 0 bridgehead atoms. The summed E-state index contributed by atoms with van der Waals surface area (Å²) < 4.78 is 27.8. The van der Waals surface area contributed by atoms with Crippen molar-refractivity contribution in [3.63, 3.8) is 0 Å².